The van der Waals surface area contributed by atoms with Gasteiger partial charge in [0.15, 0.2) is 5.60 Å². The monoisotopic (exact) mass is 478 g/mol. The molecule has 1 N–H and O–H groups in total. The van der Waals surface area contributed by atoms with Crippen molar-refractivity contribution in [2.75, 3.05) is 19.1 Å². The zero-order valence-electron chi connectivity index (χ0n) is 16.5. The first-order chi connectivity index (χ1) is 14.8. The summed E-state index contributed by atoms with van der Waals surface area (Å²) in [7, 11) is 3.14. The number of halogens is 3. The van der Waals surface area contributed by atoms with Gasteiger partial charge in [0.2, 0.25) is 5.78 Å². The SMILES string of the molecule is COc1ccc(N=C2CC3(O)C(Cl)=C(Cl)C(=O)C(Cl)=C3N2c2ccc(OC)cc2)cc1. The van der Waals surface area contributed by atoms with Crippen LogP contribution in [0, 0.1) is 0 Å². The lowest BCUT2D eigenvalue weighted by Crippen LogP contribution is -2.37. The summed E-state index contributed by atoms with van der Waals surface area (Å²) in [5.41, 5.74) is -0.432. The number of fused-ring (bicyclic) bond motifs is 1. The van der Waals surface area contributed by atoms with Crippen molar-refractivity contribution in [3.63, 3.8) is 0 Å². The van der Waals surface area contributed by atoms with Crippen molar-refractivity contribution in [3.8, 4) is 11.5 Å². The molecule has 1 aliphatic heterocycles. The van der Waals surface area contributed by atoms with E-state index in [9.17, 15) is 9.90 Å². The number of ether oxygens (including phenoxy) is 2. The number of nitrogens with zero attached hydrogens (tertiary/aromatic N) is 2. The van der Waals surface area contributed by atoms with Gasteiger partial charge in [-0.2, -0.15) is 0 Å². The maximum atomic E-state index is 12.6. The van der Waals surface area contributed by atoms with Crippen LogP contribution in [-0.4, -0.2) is 36.5 Å². The highest BCUT2D eigenvalue weighted by Crippen LogP contribution is 2.51. The summed E-state index contributed by atoms with van der Waals surface area (Å²) in [4.78, 5) is 18.9. The van der Waals surface area contributed by atoms with Crippen molar-refractivity contribution in [1.82, 2.24) is 0 Å². The van der Waals surface area contributed by atoms with Crippen LogP contribution >= 0.6 is 34.8 Å². The molecule has 1 atom stereocenters. The standard InChI is InChI=1S/C22H17Cl3N2O4/c1-30-14-7-3-12(4-8-14)26-16-11-22(29)20(25)17(23)19(28)18(24)21(22)27(16)13-5-9-15(31-2)10-6-13/h3-10,29H,11H2,1-2H3. The zero-order valence-corrected chi connectivity index (χ0v) is 18.8. The van der Waals surface area contributed by atoms with Crippen LogP contribution in [0.15, 0.2) is 74.3 Å². The Labute approximate surface area is 193 Å². The Bertz CT molecular complexity index is 1140. The molecule has 0 amide bonds. The fraction of sp³-hybridized carbons (Fsp3) is 0.182. The minimum Gasteiger partial charge on any atom is -0.497 e. The number of Topliss-reactive ketones (excluding diaryl/α,β-unsaturated/α-hetero) is 1. The topological polar surface area (TPSA) is 71.4 Å². The van der Waals surface area contributed by atoms with Crippen LogP contribution in [0.25, 0.3) is 0 Å². The first-order valence-corrected chi connectivity index (χ1v) is 10.3. The second kappa shape index (κ2) is 8.20. The number of rotatable bonds is 4. The molecule has 0 saturated carbocycles. The number of methoxy groups -OCH3 is 2. The minimum absolute atomic E-state index is 0.0288. The van der Waals surface area contributed by atoms with Gasteiger partial charge in [-0.25, -0.2) is 4.99 Å². The summed E-state index contributed by atoms with van der Waals surface area (Å²) in [5, 5.41) is 10.8. The second-order valence-corrected chi connectivity index (χ2v) is 8.05. The average Bonchev–Trinajstić information content (AvgIpc) is 3.10. The number of aliphatic imine (C=N–C) groups is 1. The van der Waals surface area contributed by atoms with Gasteiger partial charge in [0, 0.05) is 12.1 Å². The smallest absolute Gasteiger partial charge is 0.218 e. The first kappa shape index (κ1) is 21.7. The summed E-state index contributed by atoms with van der Waals surface area (Å²) in [5.74, 6) is 1.11. The lowest BCUT2D eigenvalue weighted by atomic mass is 9.92. The van der Waals surface area contributed by atoms with Gasteiger partial charge in [0.1, 0.15) is 27.4 Å². The van der Waals surface area contributed by atoms with Crippen LogP contribution < -0.4 is 14.4 Å². The average molecular weight is 480 g/mol. The van der Waals surface area contributed by atoms with Crippen molar-refractivity contribution in [3.05, 3.63) is 69.3 Å². The highest BCUT2D eigenvalue weighted by Gasteiger charge is 2.54. The number of allylic oxidation sites excluding steroid dienone is 2. The molecule has 1 saturated heterocycles. The predicted molar refractivity (Wildman–Crippen MR) is 122 cm³/mol. The second-order valence-electron chi connectivity index (χ2n) is 6.92. The van der Waals surface area contributed by atoms with E-state index in [0.29, 0.717) is 28.7 Å². The van der Waals surface area contributed by atoms with Crippen LogP contribution in [0.4, 0.5) is 11.4 Å². The molecule has 160 valence electrons. The summed E-state index contributed by atoms with van der Waals surface area (Å²) in [6.45, 7) is 0. The number of aliphatic hydroxyl groups is 1. The van der Waals surface area contributed by atoms with E-state index in [1.165, 1.54) is 0 Å². The summed E-state index contributed by atoms with van der Waals surface area (Å²) in [6.07, 6.45) is -0.0288. The molecule has 1 fully saturated rings. The highest BCUT2D eigenvalue weighted by atomic mass is 35.5. The maximum absolute atomic E-state index is 12.6. The molecule has 2 aromatic carbocycles. The quantitative estimate of drug-likeness (QED) is 0.661. The molecule has 0 bridgehead atoms. The van der Waals surface area contributed by atoms with Crippen LogP contribution in [0.1, 0.15) is 6.42 Å². The lowest BCUT2D eigenvalue weighted by molar-refractivity contribution is -0.111. The number of carbonyl (C=O) groups excluding carboxylic acids is 1. The summed E-state index contributed by atoms with van der Waals surface area (Å²) in [6, 6.07) is 14.1. The number of carbonyl (C=O) groups is 1. The largest absolute Gasteiger partial charge is 0.497 e. The number of ketones is 1. The molecule has 2 aromatic rings. The van der Waals surface area contributed by atoms with Gasteiger partial charge >= 0.3 is 0 Å². The van der Waals surface area contributed by atoms with E-state index in [2.05, 4.69) is 4.99 Å². The van der Waals surface area contributed by atoms with E-state index in [-0.39, 0.29) is 27.2 Å². The van der Waals surface area contributed by atoms with Gasteiger partial charge in [-0.05, 0) is 48.5 Å². The highest BCUT2D eigenvalue weighted by molar-refractivity contribution is 6.59. The van der Waals surface area contributed by atoms with Crippen LogP contribution in [-0.2, 0) is 4.79 Å². The third-order valence-electron chi connectivity index (χ3n) is 5.11. The Morgan fingerprint density at radius 2 is 1.48 bits per heavy atom. The maximum Gasteiger partial charge on any atom is 0.218 e. The Balaban J connectivity index is 1.90. The fourth-order valence-corrected chi connectivity index (χ4v) is 4.43. The molecule has 1 unspecified atom stereocenters. The third kappa shape index (κ3) is 3.59. The van der Waals surface area contributed by atoms with Gasteiger partial charge in [-0.15, -0.1) is 0 Å². The van der Waals surface area contributed by atoms with Crippen LogP contribution in [0.5, 0.6) is 11.5 Å². The number of hydrogen-bond donors (Lipinski definition) is 1. The van der Waals surface area contributed by atoms with E-state index >= 15 is 0 Å². The van der Waals surface area contributed by atoms with E-state index in [1.807, 2.05) is 0 Å². The molecule has 4 rings (SSSR count). The third-order valence-corrected chi connectivity index (χ3v) is 6.42. The number of anilines is 1. The van der Waals surface area contributed by atoms with E-state index in [1.54, 1.807) is 67.7 Å². The van der Waals surface area contributed by atoms with Gasteiger partial charge in [0.05, 0.1) is 30.6 Å². The molecule has 2 aliphatic rings. The van der Waals surface area contributed by atoms with Gasteiger partial charge in [0.25, 0.3) is 0 Å². The van der Waals surface area contributed by atoms with E-state index < -0.39 is 11.4 Å². The Hall–Kier alpha value is -2.51. The number of benzene rings is 2. The minimum atomic E-state index is -1.78. The molecular formula is C22H17Cl3N2O4. The van der Waals surface area contributed by atoms with Gasteiger partial charge < -0.3 is 14.6 Å². The molecule has 0 spiro atoms. The molecule has 0 radical (unpaired) electrons. The summed E-state index contributed by atoms with van der Waals surface area (Å²) >= 11 is 18.8. The zero-order chi connectivity index (χ0) is 22.3. The van der Waals surface area contributed by atoms with Crippen molar-refractivity contribution in [2.24, 2.45) is 4.99 Å². The number of hydrogen-bond acceptors (Lipinski definition) is 5. The molecule has 9 heteroatoms. The predicted octanol–water partition coefficient (Wildman–Crippen LogP) is 5.10. The van der Waals surface area contributed by atoms with Crippen molar-refractivity contribution < 1.29 is 19.4 Å². The van der Waals surface area contributed by atoms with Gasteiger partial charge in [-0.1, -0.05) is 34.8 Å². The van der Waals surface area contributed by atoms with Crippen molar-refractivity contribution >= 4 is 57.8 Å². The summed E-state index contributed by atoms with van der Waals surface area (Å²) < 4.78 is 10.4. The van der Waals surface area contributed by atoms with E-state index in [0.717, 1.165) is 0 Å². The Morgan fingerprint density at radius 3 is 2.03 bits per heavy atom. The van der Waals surface area contributed by atoms with Crippen LogP contribution in [0.2, 0.25) is 0 Å². The molecule has 0 aromatic heterocycles. The molecular weight excluding hydrogens is 463 g/mol. The fourth-order valence-electron chi connectivity index (χ4n) is 3.56. The van der Waals surface area contributed by atoms with Crippen molar-refractivity contribution in [2.45, 2.75) is 12.0 Å². The van der Waals surface area contributed by atoms with E-state index in [4.69, 9.17) is 44.3 Å². The normalized spacial score (nSPS) is 22.3. The van der Waals surface area contributed by atoms with Crippen LogP contribution in [0.3, 0.4) is 0 Å². The Kier molecular flexibility index (Phi) is 5.75. The molecule has 1 aliphatic carbocycles. The van der Waals surface area contributed by atoms with Crippen molar-refractivity contribution in [1.29, 1.82) is 0 Å². The lowest BCUT2D eigenvalue weighted by Gasteiger charge is -2.31. The molecule has 1 heterocycles. The Morgan fingerprint density at radius 1 is 0.935 bits per heavy atom. The number of amidine groups is 1. The first-order valence-electron chi connectivity index (χ1n) is 9.19. The molecule has 31 heavy (non-hydrogen) atoms. The molecule has 6 nitrogen and oxygen atoms in total. The van der Waals surface area contributed by atoms with Gasteiger partial charge in [-0.3, -0.25) is 9.69 Å².